The molecule has 0 spiro atoms. The molecular weight excluding hydrogens is 326 g/mol. The number of fused-ring (bicyclic) bond motifs is 1. The van der Waals surface area contributed by atoms with E-state index in [1.807, 2.05) is 54.8 Å². The van der Waals surface area contributed by atoms with Gasteiger partial charge in [-0.25, -0.2) is 0 Å². The topological polar surface area (TPSA) is 29.1 Å². The zero-order valence-electron chi connectivity index (χ0n) is 12.9. The molecule has 3 aromatic rings. The molecule has 1 N–H and O–H groups in total. The Morgan fingerprint density at radius 2 is 1.78 bits per heavy atom. The van der Waals surface area contributed by atoms with Crippen LogP contribution in [0.15, 0.2) is 59.5 Å². The van der Waals surface area contributed by atoms with Gasteiger partial charge in [-0.3, -0.25) is 4.79 Å². The van der Waals surface area contributed by atoms with Crippen LogP contribution in [0.1, 0.15) is 6.92 Å². The lowest BCUT2D eigenvalue weighted by molar-refractivity contribution is -0.114. The maximum absolute atomic E-state index is 11.5. The number of amides is 1. The Bertz CT molecular complexity index is 886. The van der Waals surface area contributed by atoms with Crippen molar-refractivity contribution in [3.63, 3.8) is 0 Å². The highest BCUT2D eigenvalue weighted by molar-refractivity contribution is 7.98. The number of anilines is 1. The number of carbonyl (C=O) groups is 1. The van der Waals surface area contributed by atoms with Crippen molar-refractivity contribution in [2.75, 3.05) is 11.6 Å². The van der Waals surface area contributed by atoms with E-state index in [0.29, 0.717) is 5.02 Å². The number of hydrogen-bond acceptors (Lipinski definition) is 2. The van der Waals surface area contributed by atoms with Gasteiger partial charge in [-0.1, -0.05) is 41.9 Å². The van der Waals surface area contributed by atoms with Crippen LogP contribution in [0.25, 0.3) is 21.9 Å². The fourth-order valence-electron chi connectivity index (χ4n) is 2.75. The molecule has 2 nitrogen and oxygen atoms in total. The van der Waals surface area contributed by atoms with E-state index in [-0.39, 0.29) is 5.91 Å². The first-order valence-electron chi connectivity index (χ1n) is 7.23. The van der Waals surface area contributed by atoms with E-state index in [2.05, 4.69) is 11.4 Å². The second kappa shape index (κ2) is 6.65. The molecule has 0 aliphatic heterocycles. The molecule has 3 aromatic carbocycles. The van der Waals surface area contributed by atoms with Gasteiger partial charge in [0.1, 0.15) is 0 Å². The van der Waals surface area contributed by atoms with Crippen LogP contribution >= 0.6 is 23.4 Å². The van der Waals surface area contributed by atoms with E-state index < -0.39 is 0 Å². The van der Waals surface area contributed by atoms with Crippen LogP contribution in [0.2, 0.25) is 5.02 Å². The van der Waals surface area contributed by atoms with Crippen molar-refractivity contribution in [2.24, 2.45) is 0 Å². The van der Waals surface area contributed by atoms with Gasteiger partial charge in [-0.05, 0) is 47.0 Å². The number of rotatable bonds is 3. The zero-order chi connectivity index (χ0) is 16.4. The van der Waals surface area contributed by atoms with Crippen LogP contribution < -0.4 is 5.32 Å². The minimum atomic E-state index is -0.0801. The summed E-state index contributed by atoms with van der Waals surface area (Å²) in [5, 5.41) is 5.75. The summed E-state index contributed by atoms with van der Waals surface area (Å²) in [4.78, 5) is 12.7. The van der Waals surface area contributed by atoms with E-state index in [1.165, 1.54) is 6.92 Å². The van der Waals surface area contributed by atoms with Crippen molar-refractivity contribution in [2.45, 2.75) is 11.8 Å². The molecule has 3 rings (SSSR count). The Morgan fingerprint density at radius 3 is 2.48 bits per heavy atom. The number of benzene rings is 3. The SMILES string of the molecule is CSc1ccc(Cl)cc1-c1cccc2cccc(NC(C)=O)c12. The van der Waals surface area contributed by atoms with Gasteiger partial charge in [0.25, 0.3) is 0 Å². The van der Waals surface area contributed by atoms with E-state index in [1.54, 1.807) is 11.8 Å². The van der Waals surface area contributed by atoms with Gasteiger partial charge >= 0.3 is 0 Å². The summed E-state index contributed by atoms with van der Waals surface area (Å²) in [5.74, 6) is -0.0801. The monoisotopic (exact) mass is 341 g/mol. The van der Waals surface area contributed by atoms with Gasteiger partial charge in [0.15, 0.2) is 0 Å². The van der Waals surface area contributed by atoms with Crippen molar-refractivity contribution in [3.05, 3.63) is 59.6 Å². The standard InChI is InChI=1S/C19H16ClNOS/c1-12(22)21-17-8-4-6-13-5-3-7-15(19(13)17)16-11-14(20)9-10-18(16)23-2/h3-11H,1-2H3,(H,21,22). The minimum absolute atomic E-state index is 0.0801. The van der Waals surface area contributed by atoms with E-state index in [9.17, 15) is 4.79 Å². The molecule has 0 aliphatic carbocycles. The molecule has 23 heavy (non-hydrogen) atoms. The summed E-state index contributed by atoms with van der Waals surface area (Å²) >= 11 is 7.90. The maximum Gasteiger partial charge on any atom is 0.221 e. The van der Waals surface area contributed by atoms with Gasteiger partial charge in [-0.2, -0.15) is 0 Å². The van der Waals surface area contributed by atoms with Crippen LogP contribution in [-0.2, 0) is 4.79 Å². The molecule has 0 saturated heterocycles. The molecule has 0 fully saturated rings. The lowest BCUT2D eigenvalue weighted by atomic mass is 9.97. The van der Waals surface area contributed by atoms with Crippen molar-refractivity contribution >= 4 is 45.7 Å². The predicted octanol–water partition coefficient (Wildman–Crippen LogP) is 5.84. The highest BCUT2D eigenvalue weighted by Gasteiger charge is 2.12. The summed E-state index contributed by atoms with van der Waals surface area (Å²) in [6.45, 7) is 1.52. The van der Waals surface area contributed by atoms with Crippen molar-refractivity contribution in [1.29, 1.82) is 0 Å². The first-order valence-corrected chi connectivity index (χ1v) is 8.83. The van der Waals surface area contributed by atoms with Crippen LogP contribution in [-0.4, -0.2) is 12.2 Å². The molecule has 0 bridgehead atoms. The van der Waals surface area contributed by atoms with Gasteiger partial charge < -0.3 is 5.32 Å². The highest BCUT2D eigenvalue weighted by Crippen LogP contribution is 2.39. The Hall–Kier alpha value is -1.97. The molecule has 0 unspecified atom stereocenters. The zero-order valence-corrected chi connectivity index (χ0v) is 14.5. The molecule has 0 saturated carbocycles. The largest absolute Gasteiger partial charge is 0.326 e. The number of hydrogen-bond donors (Lipinski definition) is 1. The Balaban J connectivity index is 2.34. The molecule has 0 aliphatic rings. The Kier molecular flexibility index (Phi) is 4.60. The van der Waals surface area contributed by atoms with Gasteiger partial charge in [0.2, 0.25) is 5.91 Å². The molecule has 0 aromatic heterocycles. The average molecular weight is 342 g/mol. The second-order valence-electron chi connectivity index (χ2n) is 5.24. The van der Waals surface area contributed by atoms with Crippen LogP contribution in [0, 0.1) is 0 Å². The van der Waals surface area contributed by atoms with E-state index in [4.69, 9.17) is 11.6 Å². The minimum Gasteiger partial charge on any atom is -0.326 e. The quantitative estimate of drug-likeness (QED) is 0.606. The molecular formula is C19H16ClNOS. The van der Waals surface area contributed by atoms with Gasteiger partial charge in [0.05, 0.1) is 0 Å². The number of carbonyl (C=O) groups excluding carboxylic acids is 1. The Labute approximate surface area is 144 Å². The van der Waals surface area contributed by atoms with E-state index in [0.717, 1.165) is 32.5 Å². The van der Waals surface area contributed by atoms with Crippen LogP contribution in [0.4, 0.5) is 5.69 Å². The third kappa shape index (κ3) is 3.21. The van der Waals surface area contributed by atoms with Gasteiger partial charge in [-0.15, -0.1) is 11.8 Å². The average Bonchev–Trinajstić information content (AvgIpc) is 2.54. The molecule has 116 valence electrons. The second-order valence-corrected chi connectivity index (χ2v) is 6.52. The maximum atomic E-state index is 11.5. The van der Waals surface area contributed by atoms with Crippen molar-refractivity contribution in [3.8, 4) is 11.1 Å². The fourth-order valence-corrected chi connectivity index (χ4v) is 3.51. The lowest BCUT2D eigenvalue weighted by Crippen LogP contribution is -2.06. The first kappa shape index (κ1) is 15.9. The predicted molar refractivity (Wildman–Crippen MR) is 100 cm³/mol. The lowest BCUT2D eigenvalue weighted by Gasteiger charge is -2.15. The normalized spacial score (nSPS) is 10.7. The summed E-state index contributed by atoms with van der Waals surface area (Å²) < 4.78 is 0. The molecule has 1 amide bonds. The van der Waals surface area contributed by atoms with Crippen LogP contribution in [0.5, 0.6) is 0 Å². The van der Waals surface area contributed by atoms with Crippen molar-refractivity contribution in [1.82, 2.24) is 0 Å². The third-order valence-electron chi connectivity index (χ3n) is 3.67. The third-order valence-corrected chi connectivity index (χ3v) is 4.70. The van der Waals surface area contributed by atoms with Gasteiger partial charge in [0, 0.05) is 27.9 Å². The summed E-state index contributed by atoms with van der Waals surface area (Å²) in [6, 6.07) is 18.0. The first-order chi connectivity index (χ1) is 11.1. The van der Waals surface area contributed by atoms with Crippen LogP contribution in [0.3, 0.4) is 0 Å². The highest BCUT2D eigenvalue weighted by atomic mass is 35.5. The summed E-state index contributed by atoms with van der Waals surface area (Å²) in [6.07, 6.45) is 2.05. The molecule has 0 radical (unpaired) electrons. The molecule has 0 atom stereocenters. The van der Waals surface area contributed by atoms with Crippen molar-refractivity contribution < 1.29 is 4.79 Å². The van der Waals surface area contributed by atoms with E-state index >= 15 is 0 Å². The molecule has 4 heteroatoms. The number of nitrogens with one attached hydrogen (secondary N) is 1. The summed E-state index contributed by atoms with van der Waals surface area (Å²) in [5.41, 5.74) is 2.96. The number of halogens is 1. The molecule has 0 heterocycles. The smallest absolute Gasteiger partial charge is 0.221 e. The fraction of sp³-hybridized carbons (Fsp3) is 0.105. The Morgan fingerprint density at radius 1 is 1.04 bits per heavy atom. The summed E-state index contributed by atoms with van der Waals surface area (Å²) in [7, 11) is 0. The number of thioether (sulfide) groups is 1.